The van der Waals surface area contributed by atoms with Crippen LogP contribution in [0.3, 0.4) is 0 Å². The summed E-state index contributed by atoms with van der Waals surface area (Å²) >= 11 is 0. The number of halogens is 2. The van der Waals surface area contributed by atoms with E-state index in [4.69, 9.17) is 4.74 Å². The van der Waals surface area contributed by atoms with E-state index in [1.54, 1.807) is 0 Å². The molecule has 0 spiro atoms. The molecule has 0 saturated heterocycles. The van der Waals surface area contributed by atoms with Crippen molar-refractivity contribution in [2.45, 2.75) is 18.6 Å². The Morgan fingerprint density at radius 3 is 2.55 bits per heavy atom. The maximum atomic E-state index is 13.5. The van der Waals surface area contributed by atoms with Crippen LogP contribution in [0.25, 0.3) is 0 Å². The molecule has 1 atom stereocenters. The second-order valence-electron chi connectivity index (χ2n) is 4.34. The van der Waals surface area contributed by atoms with E-state index in [0.29, 0.717) is 6.07 Å². The van der Waals surface area contributed by atoms with E-state index in [1.165, 1.54) is 14.0 Å². The lowest BCUT2D eigenvalue weighted by atomic mass is 10.1. The minimum atomic E-state index is -3.70. The van der Waals surface area contributed by atoms with Crippen molar-refractivity contribution in [3.05, 3.63) is 35.4 Å². The monoisotopic (exact) mass is 306 g/mol. The normalized spacial score (nSPS) is 13.2. The molecule has 0 saturated carbocycles. The van der Waals surface area contributed by atoms with Gasteiger partial charge in [0.1, 0.15) is 16.9 Å². The summed E-state index contributed by atoms with van der Waals surface area (Å²) in [6.45, 7) is 1.46. The number of carbonyl (C=O) groups excluding carboxylic acids is 1. The molecule has 0 fully saturated rings. The molecule has 0 aromatic heterocycles. The first-order chi connectivity index (χ1) is 9.29. The molecule has 112 valence electrons. The Morgan fingerprint density at radius 1 is 1.35 bits per heavy atom. The number of hydrogen-bond acceptors (Lipinski definition) is 4. The van der Waals surface area contributed by atoms with E-state index in [-0.39, 0.29) is 18.8 Å². The fraction of sp³-hybridized carbons (Fsp3) is 0.462. The van der Waals surface area contributed by atoms with Crippen LogP contribution in [0.15, 0.2) is 18.2 Å². The lowest BCUT2D eigenvalue weighted by Gasteiger charge is -2.12. The molecule has 0 amide bonds. The van der Waals surface area contributed by atoms with Crippen molar-refractivity contribution in [2.75, 3.05) is 19.5 Å². The molecule has 4 nitrogen and oxygen atoms in total. The Kier molecular flexibility index (Phi) is 5.76. The average Bonchev–Trinajstić information content (AvgIpc) is 2.37. The van der Waals surface area contributed by atoms with Gasteiger partial charge in [0.25, 0.3) is 0 Å². The number of methoxy groups -OCH3 is 1. The van der Waals surface area contributed by atoms with Crippen molar-refractivity contribution in [1.82, 2.24) is 0 Å². The van der Waals surface area contributed by atoms with Crippen LogP contribution in [0.5, 0.6) is 0 Å². The van der Waals surface area contributed by atoms with Crippen molar-refractivity contribution in [3.63, 3.8) is 0 Å². The highest BCUT2D eigenvalue weighted by atomic mass is 32.2. The van der Waals surface area contributed by atoms with Crippen LogP contribution in [-0.4, -0.2) is 38.9 Å². The zero-order chi connectivity index (χ0) is 15.3. The van der Waals surface area contributed by atoms with E-state index in [0.717, 1.165) is 12.1 Å². The first-order valence-electron chi connectivity index (χ1n) is 5.99. The molecule has 0 heterocycles. The third-order valence-corrected chi connectivity index (χ3v) is 5.03. The summed E-state index contributed by atoms with van der Waals surface area (Å²) in [6.07, 6.45) is 0.252. The predicted octanol–water partition coefficient (Wildman–Crippen LogP) is 1.99. The molecule has 20 heavy (non-hydrogen) atoms. The van der Waals surface area contributed by atoms with Gasteiger partial charge in [-0.15, -0.1) is 0 Å². The van der Waals surface area contributed by atoms with Gasteiger partial charge in [0.05, 0.1) is 11.3 Å². The predicted molar refractivity (Wildman–Crippen MR) is 70.4 cm³/mol. The summed E-state index contributed by atoms with van der Waals surface area (Å²) in [5.74, 6) is -2.99. The molecule has 0 aliphatic rings. The maximum Gasteiger partial charge on any atom is 0.183 e. The largest absolute Gasteiger partial charge is 0.385 e. The Bertz CT molecular complexity index is 584. The molecule has 0 aliphatic carbocycles. The van der Waals surface area contributed by atoms with Gasteiger partial charge in [0.2, 0.25) is 0 Å². The summed E-state index contributed by atoms with van der Waals surface area (Å²) in [4.78, 5) is 12.0. The number of rotatable bonds is 7. The third-order valence-electron chi connectivity index (χ3n) is 2.88. The van der Waals surface area contributed by atoms with Crippen molar-refractivity contribution in [2.24, 2.45) is 0 Å². The van der Waals surface area contributed by atoms with E-state index in [2.05, 4.69) is 0 Å². The van der Waals surface area contributed by atoms with Gasteiger partial charge in [-0.05, 0) is 25.5 Å². The summed E-state index contributed by atoms with van der Waals surface area (Å²) in [6, 6.07) is 2.42. The zero-order valence-electron chi connectivity index (χ0n) is 11.2. The first-order valence-corrected chi connectivity index (χ1v) is 7.71. The number of ketones is 1. The number of Topliss-reactive ketones (excluding diaryl/α,β-unsaturated/α-hetero) is 1. The van der Waals surface area contributed by atoms with Crippen LogP contribution >= 0.6 is 0 Å². The average molecular weight is 306 g/mol. The Morgan fingerprint density at radius 2 is 2.00 bits per heavy atom. The number of hydrogen-bond donors (Lipinski definition) is 0. The SMILES string of the molecule is COCCCS(=O)(=O)C(C)C(=O)c1ccc(F)cc1F. The van der Waals surface area contributed by atoms with Crippen LogP contribution in [0, 0.1) is 11.6 Å². The van der Waals surface area contributed by atoms with Crippen molar-refractivity contribution >= 4 is 15.6 Å². The van der Waals surface area contributed by atoms with Crippen LogP contribution in [0.2, 0.25) is 0 Å². The zero-order valence-corrected chi connectivity index (χ0v) is 12.0. The molecule has 0 aliphatic heterocycles. The molecule has 0 N–H and O–H groups in total. The van der Waals surface area contributed by atoms with E-state index < -0.39 is 38.1 Å². The Hall–Kier alpha value is -1.34. The molecular weight excluding hydrogens is 290 g/mol. The third kappa shape index (κ3) is 4.08. The summed E-state index contributed by atoms with van der Waals surface area (Å²) < 4.78 is 54.8. The van der Waals surface area contributed by atoms with Crippen LogP contribution in [-0.2, 0) is 14.6 Å². The standard InChI is InChI=1S/C13H16F2O4S/c1-9(20(17,18)7-3-6-19-2)13(16)11-5-4-10(14)8-12(11)15/h4-5,8-9H,3,6-7H2,1-2H3. The number of carbonyl (C=O) groups is 1. The van der Waals surface area contributed by atoms with Crippen molar-refractivity contribution in [3.8, 4) is 0 Å². The molecular formula is C13H16F2O4S. The molecule has 1 rings (SSSR count). The van der Waals surface area contributed by atoms with Gasteiger partial charge in [-0.1, -0.05) is 0 Å². The van der Waals surface area contributed by atoms with Crippen molar-refractivity contribution < 1.29 is 26.7 Å². The molecule has 7 heteroatoms. The fourth-order valence-corrected chi connectivity index (χ4v) is 2.98. The minimum Gasteiger partial charge on any atom is -0.385 e. The van der Waals surface area contributed by atoms with Gasteiger partial charge in [0.15, 0.2) is 15.6 Å². The highest BCUT2D eigenvalue weighted by Gasteiger charge is 2.30. The smallest absolute Gasteiger partial charge is 0.183 e. The summed E-state index contributed by atoms with van der Waals surface area (Å²) in [7, 11) is -2.26. The van der Waals surface area contributed by atoms with E-state index >= 15 is 0 Å². The second kappa shape index (κ2) is 6.90. The second-order valence-corrected chi connectivity index (χ2v) is 6.79. The lowest BCUT2D eigenvalue weighted by molar-refractivity contribution is 0.0987. The van der Waals surface area contributed by atoms with Gasteiger partial charge in [-0.3, -0.25) is 4.79 Å². The van der Waals surface area contributed by atoms with Gasteiger partial charge in [-0.25, -0.2) is 17.2 Å². The van der Waals surface area contributed by atoms with Crippen LogP contribution in [0.4, 0.5) is 8.78 Å². The van der Waals surface area contributed by atoms with Crippen LogP contribution in [0.1, 0.15) is 23.7 Å². The Balaban J connectivity index is 2.90. The molecule has 0 bridgehead atoms. The molecule has 1 unspecified atom stereocenters. The summed E-state index contributed by atoms with van der Waals surface area (Å²) in [5.41, 5.74) is -0.422. The van der Waals surface area contributed by atoms with Gasteiger partial charge in [-0.2, -0.15) is 0 Å². The topological polar surface area (TPSA) is 60.4 Å². The van der Waals surface area contributed by atoms with Crippen LogP contribution < -0.4 is 0 Å². The van der Waals surface area contributed by atoms with E-state index in [9.17, 15) is 22.0 Å². The molecule has 1 aromatic carbocycles. The number of benzene rings is 1. The highest BCUT2D eigenvalue weighted by molar-refractivity contribution is 7.92. The summed E-state index contributed by atoms with van der Waals surface area (Å²) in [5, 5.41) is -1.38. The van der Waals surface area contributed by atoms with E-state index in [1.807, 2.05) is 0 Å². The Labute approximate surface area is 116 Å². The highest BCUT2D eigenvalue weighted by Crippen LogP contribution is 2.16. The number of sulfone groups is 1. The maximum absolute atomic E-state index is 13.5. The fourth-order valence-electron chi connectivity index (χ4n) is 1.65. The van der Waals surface area contributed by atoms with Gasteiger partial charge < -0.3 is 4.74 Å². The van der Waals surface area contributed by atoms with Crippen molar-refractivity contribution in [1.29, 1.82) is 0 Å². The molecule has 0 radical (unpaired) electrons. The molecule has 1 aromatic rings. The number of ether oxygens (including phenoxy) is 1. The minimum absolute atomic E-state index is 0.226. The first kappa shape index (κ1) is 16.7. The quantitative estimate of drug-likeness (QED) is 0.571. The lowest BCUT2D eigenvalue weighted by Crippen LogP contribution is -2.30. The van der Waals surface area contributed by atoms with Gasteiger partial charge >= 0.3 is 0 Å². The van der Waals surface area contributed by atoms with Gasteiger partial charge in [0, 0.05) is 19.8 Å².